The normalized spacial score (nSPS) is 18.9. The maximum atomic E-state index is 13.6. The molecule has 0 spiro atoms. The van der Waals surface area contributed by atoms with Crippen LogP contribution in [0.2, 0.25) is 0 Å². The first kappa shape index (κ1) is 28.7. The van der Waals surface area contributed by atoms with E-state index in [1.807, 2.05) is 19.9 Å². The van der Waals surface area contributed by atoms with Gasteiger partial charge in [0.25, 0.3) is 17.7 Å². The molecular weight excluding hydrogens is 540 g/mol. The number of carbonyl (C=O) groups is 3. The number of rotatable bonds is 4. The molecule has 42 heavy (non-hydrogen) atoms. The molecular formula is C31H34N4O7. The average molecular weight is 575 g/mol. The molecule has 4 heterocycles. The number of likely N-dealkylation sites (tertiary alicyclic amines) is 1. The zero-order valence-corrected chi connectivity index (χ0v) is 23.8. The summed E-state index contributed by atoms with van der Waals surface area (Å²) in [5, 5.41) is 5.91. The predicted octanol–water partition coefficient (Wildman–Crippen LogP) is 2.90. The smallest absolute Gasteiger partial charge is 0.259 e. The summed E-state index contributed by atoms with van der Waals surface area (Å²) in [5.41, 5.74) is 2.27. The Morgan fingerprint density at radius 2 is 2.02 bits per heavy atom. The van der Waals surface area contributed by atoms with E-state index in [4.69, 9.17) is 18.9 Å². The van der Waals surface area contributed by atoms with E-state index in [1.165, 1.54) is 0 Å². The van der Waals surface area contributed by atoms with Crippen LogP contribution < -0.4 is 29.6 Å². The number of piperidine rings is 1. The van der Waals surface area contributed by atoms with Crippen molar-refractivity contribution in [3.63, 3.8) is 0 Å². The van der Waals surface area contributed by atoms with Crippen LogP contribution in [0.25, 0.3) is 0 Å². The third-order valence-electron chi connectivity index (χ3n) is 7.27. The Labute approximate surface area is 244 Å². The number of methoxy groups -OCH3 is 1. The molecule has 6 rings (SSSR count). The molecule has 3 aliphatic rings. The van der Waals surface area contributed by atoms with Crippen molar-refractivity contribution in [2.45, 2.75) is 39.0 Å². The number of amides is 3. The molecule has 11 heteroatoms. The molecule has 3 aromatic rings. The van der Waals surface area contributed by atoms with Crippen molar-refractivity contribution in [2.24, 2.45) is 0 Å². The molecule has 0 aliphatic carbocycles. The Balaban J connectivity index is 1.47. The zero-order valence-electron chi connectivity index (χ0n) is 23.8. The fraction of sp³-hybridized carbons (Fsp3) is 0.355. The summed E-state index contributed by atoms with van der Waals surface area (Å²) >= 11 is 0. The van der Waals surface area contributed by atoms with Crippen LogP contribution in [0.3, 0.4) is 0 Å². The third-order valence-corrected chi connectivity index (χ3v) is 7.27. The number of nitrogens with one attached hydrogen (secondary N) is 2. The zero-order chi connectivity index (χ0) is 29.6. The summed E-state index contributed by atoms with van der Waals surface area (Å²) in [4.78, 5) is 45.5. The van der Waals surface area contributed by atoms with Gasteiger partial charge in [-0.05, 0) is 55.8 Å². The van der Waals surface area contributed by atoms with Gasteiger partial charge in [-0.25, -0.2) is 4.98 Å². The lowest BCUT2D eigenvalue weighted by Gasteiger charge is -2.39. The number of fused-ring (bicyclic) bond motifs is 7. The summed E-state index contributed by atoms with van der Waals surface area (Å²) in [6.07, 6.45) is 1.60. The summed E-state index contributed by atoms with van der Waals surface area (Å²) in [6, 6.07) is 13.3. The minimum Gasteiger partial charge on any atom is -0.496 e. The van der Waals surface area contributed by atoms with Crippen LogP contribution in [0, 0.1) is 6.92 Å². The van der Waals surface area contributed by atoms with E-state index in [0.717, 1.165) is 11.1 Å². The van der Waals surface area contributed by atoms with Crippen molar-refractivity contribution in [1.29, 1.82) is 0 Å². The Morgan fingerprint density at radius 3 is 2.83 bits per heavy atom. The second-order valence-corrected chi connectivity index (χ2v) is 10.1. The molecule has 1 fully saturated rings. The fourth-order valence-corrected chi connectivity index (χ4v) is 5.03. The molecule has 1 saturated heterocycles. The number of aromatic nitrogens is 1. The number of aryl methyl sites for hydroxylation is 1. The Hall–Kier alpha value is -4.80. The predicted molar refractivity (Wildman–Crippen MR) is 153 cm³/mol. The minimum atomic E-state index is -0.544. The first-order valence-electron chi connectivity index (χ1n) is 13.9. The highest BCUT2D eigenvalue weighted by Crippen LogP contribution is 2.29. The summed E-state index contributed by atoms with van der Waals surface area (Å²) < 4.78 is 23.3. The van der Waals surface area contributed by atoms with Gasteiger partial charge in [0, 0.05) is 49.4 Å². The Morgan fingerprint density at radius 1 is 1.17 bits per heavy atom. The summed E-state index contributed by atoms with van der Waals surface area (Å²) in [6.45, 7) is 4.69. The van der Waals surface area contributed by atoms with E-state index in [-0.39, 0.29) is 43.3 Å². The first-order chi connectivity index (χ1) is 20.4. The van der Waals surface area contributed by atoms with Crippen molar-refractivity contribution in [3.8, 4) is 23.1 Å². The summed E-state index contributed by atoms with van der Waals surface area (Å²) in [5.74, 6) is 0.886. The number of benzene rings is 2. The lowest BCUT2D eigenvalue weighted by Crippen LogP contribution is -2.58. The molecule has 3 aliphatic heterocycles. The SMILES string of the molecule is CCOc1ncccc1C(=O)N1CC[C@H]2Oc3ccc(c(OC)c3)CNC(=O)COc3cc(ccc3C)C(=O)N[C@H]2C1. The van der Waals surface area contributed by atoms with Gasteiger partial charge < -0.3 is 34.5 Å². The molecule has 11 nitrogen and oxygen atoms in total. The quantitative estimate of drug-likeness (QED) is 0.487. The van der Waals surface area contributed by atoms with Crippen LogP contribution in [0.4, 0.5) is 0 Å². The number of hydrogen-bond acceptors (Lipinski definition) is 8. The third kappa shape index (κ3) is 6.40. The van der Waals surface area contributed by atoms with Crippen LogP contribution >= 0.6 is 0 Å². The molecule has 1 aromatic heterocycles. The summed E-state index contributed by atoms with van der Waals surface area (Å²) in [7, 11) is 1.55. The van der Waals surface area contributed by atoms with Gasteiger partial charge >= 0.3 is 0 Å². The van der Waals surface area contributed by atoms with E-state index in [1.54, 1.807) is 60.7 Å². The number of carbonyl (C=O) groups excluding carboxylic acids is 3. The minimum absolute atomic E-state index is 0.207. The van der Waals surface area contributed by atoms with Gasteiger partial charge in [0.2, 0.25) is 5.88 Å². The van der Waals surface area contributed by atoms with E-state index >= 15 is 0 Å². The van der Waals surface area contributed by atoms with Gasteiger partial charge in [0.15, 0.2) is 6.61 Å². The molecule has 2 atom stereocenters. The molecule has 2 aromatic carbocycles. The van der Waals surface area contributed by atoms with Gasteiger partial charge in [0.05, 0.1) is 19.8 Å². The first-order valence-corrected chi connectivity index (χ1v) is 13.9. The molecule has 3 amide bonds. The largest absolute Gasteiger partial charge is 0.496 e. The van der Waals surface area contributed by atoms with Crippen LogP contribution in [0.1, 0.15) is 45.2 Å². The number of hydrogen-bond donors (Lipinski definition) is 2. The molecule has 220 valence electrons. The monoisotopic (exact) mass is 574 g/mol. The molecule has 0 unspecified atom stereocenters. The molecule has 2 N–H and O–H groups in total. The molecule has 0 radical (unpaired) electrons. The van der Waals surface area contributed by atoms with Gasteiger partial charge in [-0.15, -0.1) is 0 Å². The maximum absolute atomic E-state index is 13.6. The topological polar surface area (TPSA) is 128 Å². The van der Waals surface area contributed by atoms with Crippen LogP contribution in [0.5, 0.6) is 23.1 Å². The van der Waals surface area contributed by atoms with Crippen LogP contribution in [-0.4, -0.2) is 73.2 Å². The lowest BCUT2D eigenvalue weighted by atomic mass is 10.00. The van der Waals surface area contributed by atoms with Crippen molar-refractivity contribution >= 4 is 17.7 Å². The molecule has 4 bridgehead atoms. The van der Waals surface area contributed by atoms with Crippen molar-refractivity contribution in [3.05, 3.63) is 77.0 Å². The van der Waals surface area contributed by atoms with Crippen LogP contribution in [0.15, 0.2) is 54.7 Å². The Kier molecular flexibility index (Phi) is 8.75. The highest BCUT2D eigenvalue weighted by atomic mass is 16.5. The fourth-order valence-electron chi connectivity index (χ4n) is 5.03. The lowest BCUT2D eigenvalue weighted by molar-refractivity contribution is -0.123. The van der Waals surface area contributed by atoms with E-state index in [0.29, 0.717) is 47.9 Å². The Bertz CT molecular complexity index is 1480. The number of nitrogens with zero attached hydrogens (tertiary/aromatic N) is 2. The maximum Gasteiger partial charge on any atom is 0.259 e. The highest BCUT2D eigenvalue weighted by molar-refractivity contribution is 5.97. The average Bonchev–Trinajstić information content (AvgIpc) is 3.00. The second-order valence-electron chi connectivity index (χ2n) is 10.1. The molecule has 0 saturated carbocycles. The number of pyridine rings is 1. The number of ether oxygens (including phenoxy) is 4. The van der Waals surface area contributed by atoms with Crippen molar-refractivity contribution < 1.29 is 33.3 Å². The van der Waals surface area contributed by atoms with Gasteiger partial charge in [-0.3, -0.25) is 14.4 Å². The van der Waals surface area contributed by atoms with Crippen molar-refractivity contribution in [1.82, 2.24) is 20.5 Å². The highest BCUT2D eigenvalue weighted by Gasteiger charge is 2.36. The van der Waals surface area contributed by atoms with Crippen LogP contribution in [-0.2, 0) is 11.3 Å². The van der Waals surface area contributed by atoms with E-state index < -0.39 is 12.1 Å². The standard InChI is InChI=1S/C31H34N4O7/c1-4-40-30-23(6-5-12-32-30)31(38)35-13-11-25-24(17-35)34-29(37)20-8-7-19(2)26(14-20)41-18-28(36)33-16-21-9-10-22(42-25)15-27(21)39-3/h5-10,12,14-15,24-25H,4,11,13,16-18H2,1-3H3,(H,33,36)(H,34,37)/t24-,25+/m0/s1. The van der Waals surface area contributed by atoms with Crippen molar-refractivity contribution in [2.75, 3.05) is 33.4 Å². The van der Waals surface area contributed by atoms with Gasteiger partial charge in [0.1, 0.15) is 28.9 Å². The van der Waals surface area contributed by atoms with Gasteiger partial charge in [-0.2, -0.15) is 0 Å². The van der Waals surface area contributed by atoms with Gasteiger partial charge in [-0.1, -0.05) is 6.07 Å². The second kappa shape index (κ2) is 12.8. The van der Waals surface area contributed by atoms with E-state index in [9.17, 15) is 14.4 Å². The van der Waals surface area contributed by atoms with E-state index in [2.05, 4.69) is 15.6 Å².